The molecule has 0 amide bonds. The summed E-state index contributed by atoms with van der Waals surface area (Å²) in [6, 6.07) is 0. The van der Waals surface area contributed by atoms with E-state index in [2.05, 4.69) is 28.7 Å². The molecule has 0 aromatic carbocycles. The second kappa shape index (κ2) is 3.72. The van der Waals surface area contributed by atoms with E-state index in [1.54, 1.807) is 0 Å². The molecule has 0 unspecified atom stereocenters. The van der Waals surface area contributed by atoms with Crippen molar-refractivity contribution in [2.45, 2.75) is 20.4 Å². The van der Waals surface area contributed by atoms with Gasteiger partial charge in [-0.2, -0.15) is 0 Å². The van der Waals surface area contributed by atoms with Crippen LogP contribution in [0.1, 0.15) is 13.8 Å². The Hall–Kier alpha value is -0.830. The highest BCUT2D eigenvalue weighted by Gasteiger charge is 2.16. The van der Waals surface area contributed by atoms with Crippen molar-refractivity contribution in [3.05, 3.63) is 18.7 Å². The molecule has 0 atom stereocenters. The van der Waals surface area contributed by atoms with Crippen LogP contribution in [-0.2, 0) is 6.54 Å². The second-order valence-electron chi connectivity index (χ2n) is 3.93. The summed E-state index contributed by atoms with van der Waals surface area (Å²) in [6.07, 6.45) is 5.67. The molecule has 12 heavy (non-hydrogen) atoms. The first-order valence-corrected chi connectivity index (χ1v) is 4.24. The lowest BCUT2D eigenvalue weighted by Gasteiger charge is -2.24. The second-order valence-corrected chi connectivity index (χ2v) is 3.93. The van der Waals surface area contributed by atoms with Crippen molar-refractivity contribution in [2.24, 2.45) is 5.41 Å². The Morgan fingerprint density at radius 2 is 2.25 bits per heavy atom. The highest BCUT2D eigenvalue weighted by Crippen LogP contribution is 2.15. The van der Waals surface area contributed by atoms with Crippen molar-refractivity contribution in [1.29, 1.82) is 0 Å². The van der Waals surface area contributed by atoms with Crippen LogP contribution >= 0.6 is 0 Å². The van der Waals surface area contributed by atoms with Gasteiger partial charge in [-0.3, -0.25) is 0 Å². The minimum absolute atomic E-state index is 0.287. The number of hydrogen-bond acceptors (Lipinski definition) is 2. The van der Waals surface area contributed by atoms with E-state index in [1.165, 1.54) is 0 Å². The van der Waals surface area contributed by atoms with Crippen LogP contribution in [0.3, 0.4) is 0 Å². The van der Waals surface area contributed by atoms with Crippen LogP contribution < -0.4 is 5.32 Å². The van der Waals surface area contributed by atoms with Crippen LogP contribution in [0.25, 0.3) is 0 Å². The smallest absolute Gasteiger partial charge is 0.0946 e. The van der Waals surface area contributed by atoms with Crippen molar-refractivity contribution in [3.8, 4) is 0 Å². The van der Waals surface area contributed by atoms with Crippen LogP contribution in [0.5, 0.6) is 0 Å². The molecule has 0 saturated carbocycles. The highest BCUT2D eigenvalue weighted by atomic mass is 15.0. The third-order valence-corrected chi connectivity index (χ3v) is 1.83. The Bertz CT molecular complexity index is 214. The summed E-state index contributed by atoms with van der Waals surface area (Å²) in [5.41, 5.74) is 0.287. The fourth-order valence-corrected chi connectivity index (χ4v) is 1.41. The molecular formula is C9H17N3. The lowest BCUT2D eigenvalue weighted by Crippen LogP contribution is -2.30. The van der Waals surface area contributed by atoms with Crippen LogP contribution in [0.15, 0.2) is 18.7 Å². The van der Waals surface area contributed by atoms with Gasteiger partial charge in [-0.1, -0.05) is 13.8 Å². The maximum absolute atomic E-state index is 4.01. The van der Waals surface area contributed by atoms with Gasteiger partial charge in [0.05, 0.1) is 6.33 Å². The molecule has 0 fully saturated rings. The average Bonchev–Trinajstić information content (AvgIpc) is 2.38. The molecule has 0 spiro atoms. The molecule has 0 aliphatic carbocycles. The Kier molecular flexibility index (Phi) is 2.87. The SMILES string of the molecule is CNCC(C)(C)Cn1ccnc1. The molecular weight excluding hydrogens is 150 g/mol. The van der Waals surface area contributed by atoms with E-state index in [0.29, 0.717) is 0 Å². The maximum Gasteiger partial charge on any atom is 0.0946 e. The molecule has 1 aromatic heterocycles. The van der Waals surface area contributed by atoms with Crippen molar-refractivity contribution in [3.63, 3.8) is 0 Å². The van der Waals surface area contributed by atoms with Gasteiger partial charge in [0, 0.05) is 25.5 Å². The van der Waals surface area contributed by atoms with Gasteiger partial charge in [-0.25, -0.2) is 4.98 Å². The van der Waals surface area contributed by atoms with Gasteiger partial charge in [0.2, 0.25) is 0 Å². The number of nitrogens with zero attached hydrogens (tertiary/aromatic N) is 2. The number of nitrogens with one attached hydrogen (secondary N) is 1. The zero-order chi connectivity index (χ0) is 9.03. The molecule has 1 aromatic rings. The molecule has 0 aliphatic rings. The van der Waals surface area contributed by atoms with E-state index in [-0.39, 0.29) is 5.41 Å². The van der Waals surface area contributed by atoms with E-state index in [0.717, 1.165) is 13.1 Å². The molecule has 3 heteroatoms. The van der Waals surface area contributed by atoms with Crippen molar-refractivity contribution < 1.29 is 0 Å². The summed E-state index contributed by atoms with van der Waals surface area (Å²) in [7, 11) is 1.98. The van der Waals surface area contributed by atoms with E-state index in [1.807, 2.05) is 25.8 Å². The van der Waals surface area contributed by atoms with Gasteiger partial charge < -0.3 is 9.88 Å². The largest absolute Gasteiger partial charge is 0.337 e. The summed E-state index contributed by atoms with van der Waals surface area (Å²) in [4.78, 5) is 4.01. The Morgan fingerprint density at radius 1 is 1.50 bits per heavy atom. The monoisotopic (exact) mass is 167 g/mol. The quantitative estimate of drug-likeness (QED) is 0.728. The van der Waals surface area contributed by atoms with E-state index >= 15 is 0 Å². The molecule has 0 aliphatic heterocycles. The van der Waals surface area contributed by atoms with E-state index < -0.39 is 0 Å². The topological polar surface area (TPSA) is 29.9 Å². The third kappa shape index (κ3) is 2.66. The number of aromatic nitrogens is 2. The fourth-order valence-electron chi connectivity index (χ4n) is 1.41. The minimum atomic E-state index is 0.287. The first-order valence-electron chi connectivity index (χ1n) is 4.24. The van der Waals surface area contributed by atoms with Gasteiger partial charge in [0.15, 0.2) is 0 Å². The predicted octanol–water partition coefficient (Wildman–Crippen LogP) is 1.13. The van der Waals surface area contributed by atoms with E-state index in [9.17, 15) is 0 Å². The summed E-state index contributed by atoms with van der Waals surface area (Å²) in [5, 5.41) is 3.19. The van der Waals surface area contributed by atoms with Crippen molar-refractivity contribution in [1.82, 2.24) is 14.9 Å². The molecule has 1 rings (SSSR count). The lowest BCUT2D eigenvalue weighted by atomic mass is 9.93. The normalized spacial score (nSPS) is 11.9. The zero-order valence-corrected chi connectivity index (χ0v) is 8.04. The molecule has 0 radical (unpaired) electrons. The molecule has 68 valence electrons. The van der Waals surface area contributed by atoms with Gasteiger partial charge >= 0.3 is 0 Å². The van der Waals surface area contributed by atoms with Crippen LogP contribution in [-0.4, -0.2) is 23.1 Å². The number of rotatable bonds is 4. The Morgan fingerprint density at radius 3 is 2.75 bits per heavy atom. The predicted molar refractivity (Wildman–Crippen MR) is 49.9 cm³/mol. The van der Waals surface area contributed by atoms with E-state index in [4.69, 9.17) is 0 Å². The molecule has 0 bridgehead atoms. The standard InChI is InChI=1S/C9H17N3/c1-9(2,6-10-3)7-12-5-4-11-8-12/h4-5,8,10H,6-7H2,1-3H3. The van der Waals surface area contributed by atoms with Crippen LogP contribution in [0.2, 0.25) is 0 Å². The van der Waals surface area contributed by atoms with Gasteiger partial charge in [0.25, 0.3) is 0 Å². The van der Waals surface area contributed by atoms with Crippen molar-refractivity contribution >= 4 is 0 Å². The first-order chi connectivity index (χ1) is 5.64. The van der Waals surface area contributed by atoms with Crippen LogP contribution in [0.4, 0.5) is 0 Å². The molecule has 0 saturated heterocycles. The molecule has 1 N–H and O–H groups in total. The van der Waals surface area contributed by atoms with Crippen LogP contribution in [0, 0.1) is 5.41 Å². The lowest BCUT2D eigenvalue weighted by molar-refractivity contribution is 0.297. The summed E-state index contributed by atoms with van der Waals surface area (Å²) in [6.45, 7) is 6.51. The zero-order valence-electron chi connectivity index (χ0n) is 8.04. The Balaban J connectivity index is 2.50. The molecule has 1 heterocycles. The van der Waals surface area contributed by atoms with Gasteiger partial charge in [-0.15, -0.1) is 0 Å². The summed E-state index contributed by atoms with van der Waals surface area (Å²) >= 11 is 0. The first kappa shape index (κ1) is 9.26. The summed E-state index contributed by atoms with van der Waals surface area (Å²) < 4.78 is 2.11. The summed E-state index contributed by atoms with van der Waals surface area (Å²) in [5.74, 6) is 0. The van der Waals surface area contributed by atoms with Crippen molar-refractivity contribution in [2.75, 3.05) is 13.6 Å². The highest BCUT2D eigenvalue weighted by molar-refractivity contribution is 4.79. The minimum Gasteiger partial charge on any atom is -0.337 e. The Labute approximate surface area is 73.8 Å². The van der Waals surface area contributed by atoms with Gasteiger partial charge in [-0.05, 0) is 12.5 Å². The fraction of sp³-hybridized carbons (Fsp3) is 0.667. The average molecular weight is 167 g/mol. The number of hydrogen-bond donors (Lipinski definition) is 1. The third-order valence-electron chi connectivity index (χ3n) is 1.83. The van der Waals surface area contributed by atoms with Gasteiger partial charge in [0.1, 0.15) is 0 Å². The maximum atomic E-state index is 4.01. The number of imidazole rings is 1. The molecule has 3 nitrogen and oxygen atoms in total.